The summed E-state index contributed by atoms with van der Waals surface area (Å²) in [7, 11) is 0. The van der Waals surface area contributed by atoms with Crippen LogP contribution in [0.5, 0.6) is 0 Å². The lowest BCUT2D eigenvalue weighted by Crippen LogP contribution is -2.30. The second-order valence-corrected chi connectivity index (χ2v) is 18.8. The van der Waals surface area contributed by atoms with Crippen molar-refractivity contribution in [1.82, 2.24) is 0 Å². The third-order valence-electron chi connectivity index (χ3n) is 11.8. The molecule has 0 saturated carbocycles. The lowest BCUT2D eigenvalue weighted by atomic mass is 10.1. The Balaban J connectivity index is 4.61. The molecule has 0 unspecified atom stereocenters. The van der Waals surface area contributed by atoms with Crippen LogP contribution < -0.4 is 0 Å². The zero-order chi connectivity index (χ0) is 52.9. The number of rotatable bonds is 51. The monoisotopic (exact) mass is 1010 g/mol. The first-order valence-electron chi connectivity index (χ1n) is 29.3. The van der Waals surface area contributed by atoms with E-state index < -0.39 is 6.10 Å². The highest BCUT2D eigenvalue weighted by Gasteiger charge is 2.19. The lowest BCUT2D eigenvalue weighted by molar-refractivity contribution is -0.166. The molecule has 0 amide bonds. The van der Waals surface area contributed by atoms with Crippen molar-refractivity contribution in [3.8, 4) is 0 Å². The summed E-state index contributed by atoms with van der Waals surface area (Å²) in [5.74, 6) is -1.08. The van der Waals surface area contributed by atoms with Crippen LogP contribution in [0.1, 0.15) is 239 Å². The molecule has 0 bridgehead atoms. The van der Waals surface area contributed by atoms with Crippen LogP contribution in [0.3, 0.4) is 0 Å². The number of hydrogen-bond donors (Lipinski definition) is 0. The van der Waals surface area contributed by atoms with E-state index in [0.717, 1.165) is 89.9 Å². The van der Waals surface area contributed by atoms with E-state index in [0.29, 0.717) is 12.8 Å². The van der Waals surface area contributed by atoms with E-state index in [9.17, 15) is 14.4 Å². The maximum absolute atomic E-state index is 12.9. The number of hydrogen-bond acceptors (Lipinski definition) is 6. The number of ether oxygens (including phenoxy) is 3. The van der Waals surface area contributed by atoms with Crippen molar-refractivity contribution in [2.45, 2.75) is 245 Å². The van der Waals surface area contributed by atoms with Gasteiger partial charge in [-0.3, -0.25) is 14.4 Å². The average Bonchev–Trinajstić information content (AvgIpc) is 3.39. The molecule has 0 aromatic carbocycles. The molecule has 0 spiro atoms. The van der Waals surface area contributed by atoms with Crippen LogP contribution >= 0.6 is 0 Å². The smallest absolute Gasteiger partial charge is 0.306 e. The van der Waals surface area contributed by atoms with Crippen LogP contribution in [-0.4, -0.2) is 37.2 Å². The summed E-state index contributed by atoms with van der Waals surface area (Å²) in [6.07, 6.45) is 85.6. The molecule has 0 aliphatic rings. The molecule has 6 heteroatoms. The van der Waals surface area contributed by atoms with E-state index >= 15 is 0 Å². The van der Waals surface area contributed by atoms with Crippen LogP contribution in [0.15, 0.2) is 146 Å². The summed E-state index contributed by atoms with van der Waals surface area (Å²) >= 11 is 0. The van der Waals surface area contributed by atoms with E-state index in [1.807, 2.05) is 12.2 Å². The second-order valence-electron chi connectivity index (χ2n) is 18.8. The van der Waals surface area contributed by atoms with E-state index in [2.05, 4.69) is 154 Å². The maximum atomic E-state index is 12.9. The minimum Gasteiger partial charge on any atom is -0.462 e. The SMILES string of the molecule is CC/C=C\C/C=C\C/C=C\C/C=C\C/C=C\C/C=C\CCC(=O)OC[C@H](COC(=O)CCC/C=C\C/C=C\C/C=C\C/C=C\CCCCC)OC(=O)CCCCCCCCCCC/C=C\C/C=C\CCCCC. The third-order valence-corrected chi connectivity index (χ3v) is 11.8. The van der Waals surface area contributed by atoms with Gasteiger partial charge >= 0.3 is 17.9 Å². The van der Waals surface area contributed by atoms with Gasteiger partial charge in [-0.05, 0) is 128 Å². The zero-order valence-corrected chi connectivity index (χ0v) is 46.8. The van der Waals surface area contributed by atoms with Crippen LogP contribution in [0.4, 0.5) is 0 Å². The molecule has 0 N–H and O–H groups in total. The summed E-state index contributed by atoms with van der Waals surface area (Å²) in [5, 5.41) is 0. The van der Waals surface area contributed by atoms with Gasteiger partial charge in [0.2, 0.25) is 0 Å². The molecule has 0 aliphatic heterocycles. The molecule has 0 saturated heterocycles. The Bertz CT molecular complexity index is 1630. The Kier molecular flexibility index (Phi) is 56.0. The predicted molar refractivity (Wildman–Crippen MR) is 315 cm³/mol. The molecule has 0 aromatic heterocycles. The molecule has 1 atom stereocenters. The Morgan fingerprint density at radius 3 is 0.959 bits per heavy atom. The quantitative estimate of drug-likeness (QED) is 0.0261. The minimum absolute atomic E-state index is 0.137. The molecule has 410 valence electrons. The standard InChI is InChI=1S/C67H106O6/c1-4-7-10-13-16-19-22-25-28-31-33-36-39-42-45-48-51-54-57-60-66(69)72-63-64(62-71-65(68)59-56-53-50-47-44-41-38-35-30-27-24-21-18-15-12-9-6-3)73-67(70)61-58-55-52-49-46-43-40-37-34-32-29-26-23-20-17-14-11-8-5-2/h7,10,16-21,25-30,33,36,38,41-42,45,47,50-51,54,64H,4-6,8-9,11-15,22-24,31-32,34-35,37,39-40,43-44,46,48-49,52-53,55-63H2,1-3H3/b10-7-,19-16-,20-17-,21-18-,28-25-,29-26-,30-27-,36-33-,41-38-,45-42-,50-47-,54-51-/t64-/m0/s1. The maximum Gasteiger partial charge on any atom is 0.306 e. The number of unbranched alkanes of at least 4 members (excludes halogenated alkanes) is 16. The summed E-state index contributed by atoms with van der Waals surface area (Å²) < 4.78 is 16.8. The van der Waals surface area contributed by atoms with Crippen LogP contribution in [-0.2, 0) is 28.6 Å². The Labute approximate surface area is 448 Å². The van der Waals surface area contributed by atoms with Crippen molar-refractivity contribution >= 4 is 17.9 Å². The fourth-order valence-electron chi connectivity index (χ4n) is 7.43. The molecule has 0 aliphatic carbocycles. The molecular formula is C67H106O6. The van der Waals surface area contributed by atoms with Gasteiger partial charge in [0.1, 0.15) is 13.2 Å². The number of carbonyl (C=O) groups is 3. The van der Waals surface area contributed by atoms with E-state index in [1.54, 1.807) is 0 Å². The van der Waals surface area contributed by atoms with Gasteiger partial charge in [0.05, 0.1) is 0 Å². The second kappa shape index (κ2) is 59.8. The zero-order valence-electron chi connectivity index (χ0n) is 46.8. The van der Waals surface area contributed by atoms with Gasteiger partial charge in [0.15, 0.2) is 6.10 Å². The molecule has 0 heterocycles. The van der Waals surface area contributed by atoms with Crippen LogP contribution in [0, 0.1) is 0 Å². The number of allylic oxidation sites excluding steroid dienone is 24. The molecule has 0 fully saturated rings. The lowest BCUT2D eigenvalue weighted by Gasteiger charge is -2.18. The third kappa shape index (κ3) is 58.1. The fraction of sp³-hybridized carbons (Fsp3) is 0.597. The van der Waals surface area contributed by atoms with Crippen molar-refractivity contribution in [3.63, 3.8) is 0 Å². The molecule has 0 rings (SSSR count). The molecule has 0 aromatic rings. The van der Waals surface area contributed by atoms with Crippen molar-refractivity contribution in [1.29, 1.82) is 0 Å². The van der Waals surface area contributed by atoms with Gasteiger partial charge in [-0.2, -0.15) is 0 Å². The first kappa shape index (κ1) is 68.3. The van der Waals surface area contributed by atoms with Crippen molar-refractivity contribution < 1.29 is 28.6 Å². The van der Waals surface area contributed by atoms with Crippen LogP contribution in [0.25, 0.3) is 0 Å². The van der Waals surface area contributed by atoms with Crippen LogP contribution in [0.2, 0.25) is 0 Å². The normalized spacial score (nSPS) is 13.2. The summed E-state index contributed by atoms with van der Waals surface area (Å²) in [6, 6.07) is 0. The first-order valence-corrected chi connectivity index (χ1v) is 29.3. The molecular weight excluding hydrogens is 901 g/mol. The minimum atomic E-state index is -0.840. The van der Waals surface area contributed by atoms with Crippen molar-refractivity contribution in [2.75, 3.05) is 13.2 Å². The first-order chi connectivity index (χ1) is 36.0. The van der Waals surface area contributed by atoms with E-state index in [4.69, 9.17) is 14.2 Å². The van der Waals surface area contributed by atoms with Gasteiger partial charge in [0, 0.05) is 19.3 Å². The topological polar surface area (TPSA) is 78.9 Å². The number of esters is 3. The molecule has 73 heavy (non-hydrogen) atoms. The van der Waals surface area contributed by atoms with Gasteiger partial charge in [-0.1, -0.05) is 237 Å². The van der Waals surface area contributed by atoms with Gasteiger partial charge in [-0.25, -0.2) is 0 Å². The van der Waals surface area contributed by atoms with Gasteiger partial charge in [-0.15, -0.1) is 0 Å². The summed E-state index contributed by atoms with van der Waals surface area (Å²) in [4.78, 5) is 38.2. The van der Waals surface area contributed by atoms with E-state index in [-0.39, 0.29) is 50.4 Å². The molecule has 6 nitrogen and oxygen atoms in total. The van der Waals surface area contributed by atoms with Gasteiger partial charge < -0.3 is 14.2 Å². The van der Waals surface area contributed by atoms with Crippen molar-refractivity contribution in [2.24, 2.45) is 0 Å². The Hall–Kier alpha value is -4.71. The Morgan fingerprint density at radius 2 is 0.575 bits per heavy atom. The average molecular weight is 1010 g/mol. The predicted octanol–water partition coefficient (Wildman–Crippen LogP) is 20.0. The van der Waals surface area contributed by atoms with Crippen molar-refractivity contribution in [3.05, 3.63) is 146 Å². The molecule has 0 radical (unpaired) electrons. The highest BCUT2D eigenvalue weighted by atomic mass is 16.6. The van der Waals surface area contributed by atoms with Gasteiger partial charge in [0.25, 0.3) is 0 Å². The van der Waals surface area contributed by atoms with E-state index in [1.165, 1.54) is 96.3 Å². The Morgan fingerprint density at radius 1 is 0.288 bits per heavy atom. The highest BCUT2D eigenvalue weighted by molar-refractivity contribution is 5.71. The number of carbonyl (C=O) groups excluding carboxylic acids is 3. The fourth-order valence-corrected chi connectivity index (χ4v) is 7.43. The summed E-state index contributed by atoms with van der Waals surface area (Å²) in [6.45, 7) is 6.35. The summed E-state index contributed by atoms with van der Waals surface area (Å²) in [5.41, 5.74) is 0. The highest BCUT2D eigenvalue weighted by Crippen LogP contribution is 2.13. The largest absolute Gasteiger partial charge is 0.462 e.